The molecule has 1 atom stereocenters. The molecule has 0 radical (unpaired) electrons. The second-order valence-corrected chi connectivity index (χ2v) is 5.52. The number of fused-ring (bicyclic) bond motifs is 1. The zero-order valence-electron chi connectivity index (χ0n) is 12.9. The lowest BCUT2D eigenvalue weighted by Gasteiger charge is -2.11. The van der Waals surface area contributed by atoms with E-state index in [2.05, 4.69) is 6.58 Å². The molecule has 23 heavy (non-hydrogen) atoms. The first-order chi connectivity index (χ1) is 11.3. The topological polar surface area (TPSA) is 9.23 Å². The van der Waals surface area contributed by atoms with Crippen molar-refractivity contribution in [2.75, 3.05) is 6.61 Å². The van der Waals surface area contributed by atoms with Crippen molar-refractivity contribution in [2.24, 2.45) is 0 Å². The average Bonchev–Trinajstić information content (AvgIpc) is 2.60. The van der Waals surface area contributed by atoms with Crippen LogP contribution in [0.5, 0.6) is 5.75 Å². The van der Waals surface area contributed by atoms with Gasteiger partial charge in [-0.3, -0.25) is 0 Å². The number of hydrogen-bond acceptors (Lipinski definition) is 1. The Morgan fingerprint density at radius 2 is 1.70 bits per heavy atom. The molecule has 0 heterocycles. The molecule has 2 heteroatoms. The lowest BCUT2D eigenvalue weighted by Crippen LogP contribution is -1.98. The Morgan fingerprint density at radius 1 is 0.957 bits per heavy atom. The van der Waals surface area contributed by atoms with Crippen LogP contribution in [0.3, 0.4) is 0 Å². The van der Waals surface area contributed by atoms with Crippen molar-refractivity contribution in [3.63, 3.8) is 0 Å². The van der Waals surface area contributed by atoms with Gasteiger partial charge in [0.2, 0.25) is 0 Å². The molecule has 0 saturated carbocycles. The molecule has 0 aliphatic carbocycles. The summed E-state index contributed by atoms with van der Waals surface area (Å²) in [6, 6.07) is 21.3. The van der Waals surface area contributed by atoms with E-state index in [1.807, 2.05) is 66.7 Å². The summed E-state index contributed by atoms with van der Waals surface area (Å²) in [5.41, 5.74) is 1.67. The molecule has 0 saturated heterocycles. The fraction of sp³-hybridized carbons (Fsp3) is 0.143. The van der Waals surface area contributed by atoms with Gasteiger partial charge < -0.3 is 4.74 Å². The van der Waals surface area contributed by atoms with Gasteiger partial charge in [0.15, 0.2) is 0 Å². The number of benzene rings is 3. The molecular formula is C21H19FO. The first kappa shape index (κ1) is 15.3. The van der Waals surface area contributed by atoms with E-state index >= 15 is 0 Å². The predicted molar refractivity (Wildman–Crippen MR) is 93.6 cm³/mol. The summed E-state index contributed by atoms with van der Waals surface area (Å²) in [4.78, 5) is 0. The van der Waals surface area contributed by atoms with Crippen molar-refractivity contribution in [3.8, 4) is 5.75 Å². The van der Waals surface area contributed by atoms with Crippen LogP contribution >= 0.6 is 0 Å². The van der Waals surface area contributed by atoms with Crippen LogP contribution < -0.4 is 4.74 Å². The van der Waals surface area contributed by atoms with Crippen molar-refractivity contribution >= 4 is 10.8 Å². The minimum Gasteiger partial charge on any atom is -0.490 e. The third-order valence-electron chi connectivity index (χ3n) is 3.84. The molecule has 0 spiro atoms. The molecule has 0 aromatic heterocycles. The van der Waals surface area contributed by atoms with Crippen molar-refractivity contribution in [2.45, 2.75) is 12.6 Å². The third kappa shape index (κ3) is 3.78. The minimum atomic E-state index is -1.01. The highest BCUT2D eigenvalue weighted by Gasteiger charge is 2.11. The average molecular weight is 306 g/mol. The van der Waals surface area contributed by atoms with Crippen molar-refractivity contribution in [1.29, 1.82) is 0 Å². The second-order valence-electron chi connectivity index (χ2n) is 5.52. The number of halogens is 1. The van der Waals surface area contributed by atoms with Crippen molar-refractivity contribution in [1.82, 2.24) is 0 Å². The SMILES string of the molecule is C=CCOc1ccc(CC(F)c2ccc3ccccc3c2)cc1. The standard InChI is InChI=1S/C21H19FO/c1-2-13-23-20-11-7-16(8-12-20)14-21(22)19-10-9-17-5-3-4-6-18(17)15-19/h2-12,15,21H,1,13-14H2. The molecular weight excluding hydrogens is 287 g/mol. The van der Waals surface area contributed by atoms with Crippen LogP contribution in [0.25, 0.3) is 10.8 Å². The van der Waals surface area contributed by atoms with Crippen LogP contribution in [-0.2, 0) is 6.42 Å². The monoisotopic (exact) mass is 306 g/mol. The molecule has 3 rings (SSSR count). The van der Waals surface area contributed by atoms with Gasteiger partial charge in [0.1, 0.15) is 18.5 Å². The molecule has 0 fully saturated rings. The maximum absolute atomic E-state index is 14.6. The minimum absolute atomic E-state index is 0.361. The zero-order valence-corrected chi connectivity index (χ0v) is 12.9. The summed E-state index contributed by atoms with van der Waals surface area (Å²) >= 11 is 0. The van der Waals surface area contributed by atoms with Gasteiger partial charge in [0.25, 0.3) is 0 Å². The molecule has 1 unspecified atom stereocenters. The van der Waals surface area contributed by atoms with E-state index in [0.29, 0.717) is 13.0 Å². The summed E-state index contributed by atoms with van der Waals surface area (Å²) in [5.74, 6) is 0.773. The Hall–Kier alpha value is -2.61. The number of alkyl halides is 1. The van der Waals surface area contributed by atoms with E-state index in [9.17, 15) is 4.39 Å². The van der Waals surface area contributed by atoms with E-state index in [-0.39, 0.29) is 0 Å². The Morgan fingerprint density at radius 3 is 2.43 bits per heavy atom. The zero-order chi connectivity index (χ0) is 16.1. The van der Waals surface area contributed by atoms with Crippen molar-refractivity contribution in [3.05, 3.63) is 90.5 Å². The Kier molecular flexibility index (Phi) is 4.72. The number of hydrogen-bond donors (Lipinski definition) is 0. The molecule has 0 amide bonds. The fourth-order valence-electron chi connectivity index (χ4n) is 2.60. The molecule has 0 aliphatic rings. The van der Waals surface area contributed by atoms with Gasteiger partial charge in [0.05, 0.1) is 0 Å². The normalized spacial score (nSPS) is 12.0. The number of ether oxygens (including phenoxy) is 1. The second kappa shape index (κ2) is 7.10. The van der Waals surface area contributed by atoms with Crippen LogP contribution in [0, 0.1) is 0 Å². The van der Waals surface area contributed by atoms with Crippen LogP contribution in [0.2, 0.25) is 0 Å². The number of rotatable bonds is 6. The van der Waals surface area contributed by atoms with Crippen LogP contribution in [0.1, 0.15) is 17.3 Å². The van der Waals surface area contributed by atoms with Gasteiger partial charge in [-0.2, -0.15) is 0 Å². The molecule has 1 nitrogen and oxygen atoms in total. The summed E-state index contributed by atoms with van der Waals surface area (Å²) < 4.78 is 20.0. The van der Waals surface area contributed by atoms with E-state index in [4.69, 9.17) is 4.74 Å². The largest absolute Gasteiger partial charge is 0.490 e. The molecule has 0 bridgehead atoms. The van der Waals surface area contributed by atoms with Crippen LogP contribution in [0.4, 0.5) is 4.39 Å². The Bertz CT molecular complexity index is 792. The van der Waals surface area contributed by atoms with Gasteiger partial charge in [-0.05, 0) is 40.1 Å². The highest BCUT2D eigenvalue weighted by Crippen LogP contribution is 2.26. The first-order valence-corrected chi connectivity index (χ1v) is 7.71. The van der Waals surface area contributed by atoms with E-state index in [0.717, 1.165) is 27.6 Å². The Balaban J connectivity index is 1.72. The predicted octanol–water partition coefficient (Wildman–Crippen LogP) is 5.66. The smallest absolute Gasteiger partial charge is 0.129 e. The quantitative estimate of drug-likeness (QED) is 0.534. The lowest BCUT2D eigenvalue weighted by molar-refractivity contribution is 0.341. The van der Waals surface area contributed by atoms with Gasteiger partial charge in [0, 0.05) is 6.42 Å². The Labute approximate surface area is 136 Å². The van der Waals surface area contributed by atoms with Gasteiger partial charge in [-0.15, -0.1) is 0 Å². The van der Waals surface area contributed by atoms with Gasteiger partial charge >= 0.3 is 0 Å². The summed E-state index contributed by atoms with van der Waals surface area (Å²) in [6.07, 6.45) is 1.05. The van der Waals surface area contributed by atoms with Crippen LogP contribution in [-0.4, -0.2) is 6.61 Å². The summed E-state index contributed by atoms with van der Waals surface area (Å²) in [7, 11) is 0. The van der Waals surface area contributed by atoms with Gasteiger partial charge in [-0.1, -0.05) is 61.2 Å². The lowest BCUT2D eigenvalue weighted by atomic mass is 9.99. The highest BCUT2D eigenvalue weighted by atomic mass is 19.1. The van der Waals surface area contributed by atoms with Crippen LogP contribution in [0.15, 0.2) is 79.4 Å². The molecule has 0 aliphatic heterocycles. The molecule has 116 valence electrons. The van der Waals surface area contributed by atoms with Gasteiger partial charge in [-0.25, -0.2) is 4.39 Å². The molecule has 0 N–H and O–H groups in total. The van der Waals surface area contributed by atoms with Crippen molar-refractivity contribution < 1.29 is 9.13 Å². The van der Waals surface area contributed by atoms with E-state index < -0.39 is 6.17 Å². The maximum Gasteiger partial charge on any atom is 0.129 e. The van der Waals surface area contributed by atoms with E-state index in [1.54, 1.807) is 6.08 Å². The first-order valence-electron chi connectivity index (χ1n) is 7.71. The highest BCUT2D eigenvalue weighted by molar-refractivity contribution is 5.83. The summed E-state index contributed by atoms with van der Waals surface area (Å²) in [5, 5.41) is 2.20. The maximum atomic E-state index is 14.6. The molecule has 3 aromatic rings. The fourth-order valence-corrected chi connectivity index (χ4v) is 2.60. The van der Waals surface area contributed by atoms with E-state index in [1.165, 1.54) is 0 Å². The summed E-state index contributed by atoms with van der Waals surface area (Å²) in [6.45, 7) is 4.09. The third-order valence-corrected chi connectivity index (χ3v) is 3.84. The molecule has 3 aromatic carbocycles.